The second-order valence-electron chi connectivity index (χ2n) is 17.2. The number of amides is 1. The van der Waals surface area contributed by atoms with Crippen LogP contribution < -0.4 is 5.32 Å². The van der Waals surface area contributed by atoms with E-state index in [0.29, 0.717) is 11.1 Å². The minimum atomic E-state index is -2.30. The number of hydrogen-bond donors (Lipinski definition) is 3. The smallest absolute Gasteiger partial charge is 0.338 e. The van der Waals surface area contributed by atoms with Crippen LogP contribution in [0, 0.1) is 16.7 Å². The van der Waals surface area contributed by atoms with E-state index in [1.165, 1.54) is 26.0 Å². The van der Waals surface area contributed by atoms with E-state index in [1.54, 1.807) is 99.6 Å². The van der Waals surface area contributed by atoms with Crippen molar-refractivity contribution in [2.75, 3.05) is 6.61 Å². The number of esters is 4. The van der Waals surface area contributed by atoms with Crippen LogP contribution in [0.3, 0.4) is 0 Å². The van der Waals surface area contributed by atoms with Gasteiger partial charge in [0.05, 0.1) is 42.1 Å². The van der Waals surface area contributed by atoms with E-state index in [9.17, 15) is 34.2 Å². The first-order chi connectivity index (χ1) is 28.8. The van der Waals surface area contributed by atoms with Crippen LogP contribution in [-0.4, -0.2) is 94.1 Å². The number of benzene rings is 3. The number of ketones is 1. The van der Waals surface area contributed by atoms with Crippen molar-refractivity contribution in [1.82, 2.24) is 5.32 Å². The van der Waals surface area contributed by atoms with Gasteiger partial charge in [0.1, 0.15) is 23.9 Å². The number of aliphatic hydroxyl groups excluding tert-OH is 1. The molecular weight excluding hydrogens is 787 g/mol. The summed E-state index contributed by atoms with van der Waals surface area (Å²) < 4.78 is 30.5. The Morgan fingerprint density at radius 2 is 1.43 bits per heavy atom. The molecule has 4 aliphatic rings. The predicted octanol–water partition coefficient (Wildman–Crippen LogP) is 4.76. The molecule has 0 radical (unpaired) electrons. The maximum Gasteiger partial charge on any atom is 0.338 e. The third-order valence-corrected chi connectivity index (χ3v) is 13.4. The van der Waals surface area contributed by atoms with Crippen molar-refractivity contribution in [3.63, 3.8) is 0 Å². The topological polar surface area (TPSA) is 201 Å². The molecule has 1 heterocycles. The first kappa shape index (κ1) is 43.4. The third kappa shape index (κ3) is 7.44. The molecule has 14 nitrogen and oxygen atoms in total. The lowest BCUT2D eigenvalue weighted by atomic mass is 9.44. The molecule has 0 aromatic heterocycles. The van der Waals surface area contributed by atoms with Crippen LogP contribution in [0.1, 0.15) is 93.1 Å². The van der Waals surface area contributed by atoms with Crippen LogP contribution in [0.2, 0.25) is 0 Å². The van der Waals surface area contributed by atoms with Gasteiger partial charge in [-0.2, -0.15) is 0 Å². The van der Waals surface area contributed by atoms with Crippen molar-refractivity contribution in [3.05, 3.63) is 119 Å². The molecule has 3 fully saturated rings. The second-order valence-corrected chi connectivity index (χ2v) is 17.2. The molecular formula is C47H51NO13. The van der Waals surface area contributed by atoms with E-state index in [-0.39, 0.29) is 36.2 Å². The van der Waals surface area contributed by atoms with E-state index < -0.39 is 107 Å². The minimum Gasteiger partial charge on any atom is -0.458 e. The zero-order valence-electron chi connectivity index (χ0n) is 34.9. The summed E-state index contributed by atoms with van der Waals surface area (Å²) in [5.74, 6) is -6.02. The normalized spacial score (nSPS) is 31.6. The molecule has 0 unspecified atom stereocenters. The average Bonchev–Trinajstić information content (AvgIpc) is 3.22. The van der Waals surface area contributed by atoms with Gasteiger partial charge in [-0.1, -0.05) is 80.6 Å². The lowest BCUT2D eigenvalue weighted by molar-refractivity contribution is -0.346. The number of carbonyl (C=O) groups is 6. The number of Topliss-reactive ketones (excluding diaryl/α,β-unsaturated/α-hetero) is 1. The molecule has 7 rings (SSSR count). The highest BCUT2D eigenvalue weighted by molar-refractivity contribution is 5.96. The SMILES string of the molecule is CC(=O)O[C@H]1C(=O)[C@@]2(C)[C@H]([C@H](OC(=O)c3ccccc3)[C@]3(O)C[C@H](OC(=O)C[C@@H](NC(=O)c4ccccc4)c4ccccc4)C(C)=C1C3(C)C)[C@]1(OC(C)=O)CO[C@@H]1C[C@@H]2O. The molecule has 2 bridgehead atoms. The van der Waals surface area contributed by atoms with Crippen molar-refractivity contribution in [1.29, 1.82) is 0 Å². The molecule has 1 amide bonds. The molecule has 3 N–H and O–H groups in total. The van der Waals surface area contributed by atoms with Gasteiger partial charge in [-0.3, -0.25) is 24.0 Å². The van der Waals surface area contributed by atoms with Crippen LogP contribution in [0.15, 0.2) is 102 Å². The van der Waals surface area contributed by atoms with Crippen molar-refractivity contribution >= 4 is 35.6 Å². The van der Waals surface area contributed by atoms with E-state index in [2.05, 4.69) is 5.32 Å². The van der Waals surface area contributed by atoms with Crippen molar-refractivity contribution in [2.24, 2.45) is 16.7 Å². The standard InChI is InChI=1S/C47H51NO13/c1-26-33(59-36(52)22-32(29-16-10-7-11-17-29)48-42(54)30-18-12-8-13-19-30)24-47(56)41(60-43(55)31-20-14-9-15-21-31)39-45(6,34(51)23-35-46(39,25-57-35)61-28(3)50)40(53)38(58-27(2)49)37(26)44(47,4)5/h7-21,32-35,38-39,41,51,56H,22-25H2,1-6H3,(H,48,54)/t32-,33+,34+,35-,38-,39+,41+,45-,46+,47-/m1/s1. The van der Waals surface area contributed by atoms with Crippen molar-refractivity contribution in [2.45, 2.75) is 109 Å². The molecule has 2 saturated carbocycles. The monoisotopic (exact) mass is 837 g/mol. The van der Waals surface area contributed by atoms with Gasteiger partial charge in [0.2, 0.25) is 0 Å². The first-order valence-electron chi connectivity index (χ1n) is 20.4. The molecule has 3 aliphatic carbocycles. The average molecular weight is 838 g/mol. The van der Waals surface area contributed by atoms with Crippen LogP contribution in [0.4, 0.5) is 0 Å². The van der Waals surface area contributed by atoms with E-state index >= 15 is 4.79 Å². The number of fused-ring (bicyclic) bond motifs is 5. The molecule has 1 saturated heterocycles. The summed E-state index contributed by atoms with van der Waals surface area (Å²) in [7, 11) is 0. The summed E-state index contributed by atoms with van der Waals surface area (Å²) in [5.41, 5.74) is -6.17. The Hall–Kier alpha value is -5.70. The Kier molecular flexibility index (Phi) is 11.6. The summed E-state index contributed by atoms with van der Waals surface area (Å²) in [6, 6.07) is 24.4. The Labute approximate surface area is 353 Å². The molecule has 3 aromatic rings. The number of aliphatic hydroxyl groups is 2. The third-order valence-electron chi connectivity index (χ3n) is 13.4. The van der Waals surface area contributed by atoms with Crippen LogP contribution in [0.25, 0.3) is 0 Å². The predicted molar refractivity (Wildman–Crippen MR) is 216 cm³/mol. The molecule has 3 aromatic carbocycles. The Balaban J connectivity index is 1.37. The van der Waals surface area contributed by atoms with Gasteiger partial charge in [-0.25, -0.2) is 4.79 Å². The van der Waals surface area contributed by atoms with Gasteiger partial charge in [0.25, 0.3) is 5.91 Å². The highest BCUT2D eigenvalue weighted by Gasteiger charge is 2.78. The van der Waals surface area contributed by atoms with Gasteiger partial charge >= 0.3 is 23.9 Å². The first-order valence-corrected chi connectivity index (χ1v) is 20.4. The van der Waals surface area contributed by atoms with E-state index in [1.807, 2.05) is 0 Å². The molecule has 14 heteroatoms. The van der Waals surface area contributed by atoms with Crippen LogP contribution in [-0.2, 0) is 42.9 Å². The Morgan fingerprint density at radius 1 is 0.836 bits per heavy atom. The summed E-state index contributed by atoms with van der Waals surface area (Å²) in [6.45, 7) is 8.27. The Bertz CT molecular complexity index is 2240. The second kappa shape index (κ2) is 16.3. The van der Waals surface area contributed by atoms with Crippen molar-refractivity contribution in [3.8, 4) is 0 Å². The minimum absolute atomic E-state index is 0.0809. The van der Waals surface area contributed by atoms with Crippen LogP contribution in [0.5, 0.6) is 0 Å². The largest absolute Gasteiger partial charge is 0.458 e. The maximum absolute atomic E-state index is 15.5. The van der Waals surface area contributed by atoms with E-state index in [4.69, 9.17) is 23.7 Å². The van der Waals surface area contributed by atoms with Gasteiger partial charge in [-0.05, 0) is 54.8 Å². The molecule has 10 atom stereocenters. The van der Waals surface area contributed by atoms with Crippen LogP contribution >= 0.6 is 0 Å². The maximum atomic E-state index is 15.5. The number of carbonyl (C=O) groups excluding carboxylic acids is 6. The number of nitrogens with one attached hydrogen (secondary N) is 1. The number of hydrogen-bond acceptors (Lipinski definition) is 13. The fourth-order valence-corrected chi connectivity index (χ4v) is 10.2. The fourth-order valence-electron chi connectivity index (χ4n) is 10.2. The fraction of sp³-hybridized carbons (Fsp3) is 0.447. The van der Waals surface area contributed by atoms with Gasteiger partial charge < -0.3 is 39.2 Å². The highest BCUT2D eigenvalue weighted by atomic mass is 16.6. The van der Waals surface area contributed by atoms with Gasteiger partial charge in [-0.15, -0.1) is 0 Å². The summed E-state index contributed by atoms with van der Waals surface area (Å²) >= 11 is 0. The molecule has 61 heavy (non-hydrogen) atoms. The summed E-state index contributed by atoms with van der Waals surface area (Å²) in [6.07, 6.45) is -8.30. The quantitative estimate of drug-likeness (QED) is 0.144. The summed E-state index contributed by atoms with van der Waals surface area (Å²) in [4.78, 5) is 83.3. The lowest BCUT2D eigenvalue weighted by Gasteiger charge is -2.67. The van der Waals surface area contributed by atoms with Gasteiger partial charge in [0, 0.05) is 37.7 Å². The molecule has 0 spiro atoms. The number of ether oxygens (including phenoxy) is 5. The summed E-state index contributed by atoms with van der Waals surface area (Å²) in [5, 5.41) is 28.6. The lowest BCUT2D eigenvalue weighted by Crippen LogP contribution is -2.82. The zero-order chi connectivity index (χ0) is 44.1. The van der Waals surface area contributed by atoms with Crippen molar-refractivity contribution < 1.29 is 62.7 Å². The van der Waals surface area contributed by atoms with E-state index in [0.717, 1.165) is 6.92 Å². The number of rotatable bonds is 10. The zero-order valence-corrected chi connectivity index (χ0v) is 34.9. The molecule has 322 valence electrons. The molecule has 1 aliphatic heterocycles. The Morgan fingerprint density at radius 3 is 1.98 bits per heavy atom. The highest BCUT2D eigenvalue weighted by Crippen LogP contribution is 2.64. The van der Waals surface area contributed by atoms with Gasteiger partial charge in [0.15, 0.2) is 17.5 Å².